The highest BCUT2D eigenvalue weighted by Gasteiger charge is 2.12. The molecule has 0 bridgehead atoms. The van der Waals surface area contributed by atoms with Gasteiger partial charge in [-0.05, 0) is 29.3 Å². The van der Waals surface area contributed by atoms with Crippen molar-refractivity contribution in [3.8, 4) is 0 Å². The van der Waals surface area contributed by atoms with Crippen LogP contribution in [0, 0.1) is 0 Å². The zero-order valence-electron chi connectivity index (χ0n) is 5.75. The minimum atomic E-state index is -0.743. The number of pyridine rings is 1. The lowest BCUT2D eigenvalue weighted by Gasteiger charge is -1.97. The van der Waals surface area contributed by atoms with Crippen LogP contribution in [0.4, 0.5) is 0 Å². The molecule has 0 aliphatic carbocycles. The average Bonchev–Trinajstić information content (AvgIpc) is 2.04. The SMILES string of the molecule is O=C(Cl)c1ccncc1C(=O)Cl. The van der Waals surface area contributed by atoms with Gasteiger partial charge in [-0.1, -0.05) is 0 Å². The zero-order valence-corrected chi connectivity index (χ0v) is 7.26. The summed E-state index contributed by atoms with van der Waals surface area (Å²) in [5.74, 6) is 0. The summed E-state index contributed by atoms with van der Waals surface area (Å²) in [6, 6.07) is 1.34. The van der Waals surface area contributed by atoms with Gasteiger partial charge in [0.1, 0.15) is 0 Å². The molecular weight excluding hydrogens is 201 g/mol. The maximum Gasteiger partial charge on any atom is 0.254 e. The smallest absolute Gasteiger partial charge is 0.254 e. The Kier molecular flexibility index (Phi) is 2.78. The lowest BCUT2D eigenvalue weighted by molar-refractivity contribution is 0.105. The maximum absolute atomic E-state index is 10.7. The van der Waals surface area contributed by atoms with Gasteiger partial charge in [-0.25, -0.2) is 0 Å². The van der Waals surface area contributed by atoms with Crippen LogP contribution < -0.4 is 0 Å². The summed E-state index contributed by atoms with van der Waals surface area (Å²) in [5, 5.41) is -1.46. The second-order valence-electron chi connectivity index (χ2n) is 1.97. The predicted molar refractivity (Wildman–Crippen MR) is 44.6 cm³/mol. The minimum Gasteiger partial charge on any atom is -0.276 e. The molecule has 1 aromatic rings. The number of carbonyl (C=O) groups excluding carboxylic acids is 2. The summed E-state index contributed by atoms with van der Waals surface area (Å²) in [7, 11) is 0. The highest BCUT2D eigenvalue weighted by molar-refractivity contribution is 6.71. The summed E-state index contributed by atoms with van der Waals surface area (Å²) in [6.45, 7) is 0. The quantitative estimate of drug-likeness (QED) is 0.690. The van der Waals surface area contributed by atoms with Crippen LogP contribution >= 0.6 is 23.2 Å². The van der Waals surface area contributed by atoms with E-state index in [0.29, 0.717) is 0 Å². The van der Waals surface area contributed by atoms with E-state index < -0.39 is 10.5 Å². The van der Waals surface area contributed by atoms with Crippen molar-refractivity contribution >= 4 is 33.7 Å². The molecule has 0 saturated carbocycles. The van der Waals surface area contributed by atoms with Crippen molar-refractivity contribution in [2.45, 2.75) is 0 Å². The lowest BCUT2D eigenvalue weighted by atomic mass is 10.2. The van der Waals surface area contributed by atoms with Gasteiger partial charge in [-0.2, -0.15) is 0 Å². The van der Waals surface area contributed by atoms with Gasteiger partial charge in [0.25, 0.3) is 10.5 Å². The number of carbonyl (C=O) groups is 2. The summed E-state index contributed by atoms with van der Waals surface area (Å²) >= 11 is 10.3. The topological polar surface area (TPSA) is 47.0 Å². The Morgan fingerprint density at radius 1 is 1.17 bits per heavy atom. The number of hydrogen-bond donors (Lipinski definition) is 0. The summed E-state index contributed by atoms with van der Waals surface area (Å²) in [6.07, 6.45) is 2.56. The van der Waals surface area contributed by atoms with E-state index in [4.69, 9.17) is 23.2 Å². The molecule has 62 valence electrons. The number of rotatable bonds is 2. The van der Waals surface area contributed by atoms with Crippen LogP contribution in [-0.2, 0) is 0 Å². The summed E-state index contributed by atoms with van der Waals surface area (Å²) in [4.78, 5) is 25.0. The third-order valence-electron chi connectivity index (χ3n) is 1.24. The first-order valence-corrected chi connectivity index (χ1v) is 3.72. The van der Waals surface area contributed by atoms with E-state index in [1.807, 2.05) is 0 Å². The van der Waals surface area contributed by atoms with Gasteiger partial charge in [0.05, 0.1) is 5.56 Å². The van der Waals surface area contributed by atoms with E-state index in [-0.39, 0.29) is 11.1 Å². The van der Waals surface area contributed by atoms with Gasteiger partial charge < -0.3 is 0 Å². The second kappa shape index (κ2) is 3.65. The van der Waals surface area contributed by atoms with Crippen LogP contribution in [0.15, 0.2) is 18.5 Å². The van der Waals surface area contributed by atoms with Gasteiger partial charge in [-0.15, -0.1) is 0 Å². The van der Waals surface area contributed by atoms with Gasteiger partial charge >= 0.3 is 0 Å². The van der Waals surface area contributed by atoms with Crippen molar-refractivity contribution < 1.29 is 9.59 Å². The Labute approximate surface area is 78.3 Å². The standard InChI is InChI=1S/C7H3Cl2NO2/c8-6(11)4-1-2-10-3-5(4)7(9)12/h1-3H. The molecule has 1 rings (SSSR count). The molecule has 0 saturated heterocycles. The third-order valence-corrected chi connectivity index (χ3v) is 1.65. The Balaban J connectivity index is 3.27. The number of nitrogens with zero attached hydrogens (tertiary/aromatic N) is 1. The molecule has 0 aliphatic heterocycles. The largest absolute Gasteiger partial charge is 0.276 e. The molecule has 0 spiro atoms. The first-order valence-electron chi connectivity index (χ1n) is 2.96. The van der Waals surface area contributed by atoms with Crippen LogP contribution in [0.25, 0.3) is 0 Å². The normalized spacial score (nSPS) is 9.50. The molecule has 0 radical (unpaired) electrons. The molecule has 1 aromatic heterocycles. The van der Waals surface area contributed by atoms with Gasteiger partial charge in [0, 0.05) is 18.0 Å². The molecule has 0 fully saturated rings. The van der Waals surface area contributed by atoms with E-state index >= 15 is 0 Å². The molecule has 1 heterocycles. The van der Waals surface area contributed by atoms with Crippen molar-refractivity contribution in [2.24, 2.45) is 0 Å². The Bertz CT molecular complexity index is 305. The van der Waals surface area contributed by atoms with Crippen molar-refractivity contribution in [1.29, 1.82) is 0 Å². The van der Waals surface area contributed by atoms with Crippen molar-refractivity contribution in [2.75, 3.05) is 0 Å². The molecular formula is C7H3Cl2NO2. The molecule has 0 amide bonds. The van der Waals surface area contributed by atoms with Crippen LogP contribution in [0.3, 0.4) is 0 Å². The van der Waals surface area contributed by atoms with E-state index in [1.54, 1.807) is 0 Å². The van der Waals surface area contributed by atoms with Gasteiger partial charge in [0.2, 0.25) is 0 Å². The molecule has 0 atom stereocenters. The first kappa shape index (κ1) is 9.16. The van der Waals surface area contributed by atoms with Crippen molar-refractivity contribution in [1.82, 2.24) is 4.98 Å². The van der Waals surface area contributed by atoms with E-state index in [2.05, 4.69) is 4.98 Å². The first-order chi connectivity index (χ1) is 5.63. The Morgan fingerprint density at radius 3 is 2.17 bits per heavy atom. The highest BCUT2D eigenvalue weighted by Crippen LogP contribution is 2.12. The van der Waals surface area contributed by atoms with Crippen LogP contribution in [-0.4, -0.2) is 15.5 Å². The van der Waals surface area contributed by atoms with E-state index in [0.717, 1.165) is 0 Å². The van der Waals surface area contributed by atoms with Gasteiger partial charge in [-0.3, -0.25) is 14.6 Å². The average molecular weight is 204 g/mol. The fourth-order valence-electron chi connectivity index (χ4n) is 0.722. The van der Waals surface area contributed by atoms with Crippen molar-refractivity contribution in [3.05, 3.63) is 29.6 Å². The Morgan fingerprint density at radius 2 is 1.75 bits per heavy atom. The molecule has 5 heteroatoms. The third kappa shape index (κ3) is 1.81. The number of hydrogen-bond acceptors (Lipinski definition) is 3. The van der Waals surface area contributed by atoms with Gasteiger partial charge in [0.15, 0.2) is 0 Å². The zero-order chi connectivity index (χ0) is 9.14. The van der Waals surface area contributed by atoms with Crippen LogP contribution in [0.2, 0.25) is 0 Å². The summed E-state index contributed by atoms with van der Waals surface area (Å²) < 4.78 is 0. The van der Waals surface area contributed by atoms with Crippen molar-refractivity contribution in [3.63, 3.8) is 0 Å². The fourth-order valence-corrected chi connectivity index (χ4v) is 1.04. The number of halogens is 2. The minimum absolute atomic E-state index is 0.0270. The maximum atomic E-state index is 10.7. The second-order valence-corrected chi connectivity index (χ2v) is 2.66. The van der Waals surface area contributed by atoms with Crippen LogP contribution in [0.5, 0.6) is 0 Å². The molecule has 0 unspecified atom stereocenters. The lowest BCUT2D eigenvalue weighted by Crippen LogP contribution is -2.00. The van der Waals surface area contributed by atoms with E-state index in [9.17, 15) is 9.59 Å². The molecule has 0 aliphatic rings. The van der Waals surface area contributed by atoms with Crippen LogP contribution in [0.1, 0.15) is 20.7 Å². The monoisotopic (exact) mass is 203 g/mol. The Hall–Kier alpha value is -0.930. The van der Waals surface area contributed by atoms with E-state index in [1.165, 1.54) is 18.5 Å². The molecule has 0 aromatic carbocycles. The fraction of sp³-hybridized carbons (Fsp3) is 0. The molecule has 12 heavy (non-hydrogen) atoms. The molecule has 0 N–H and O–H groups in total. The highest BCUT2D eigenvalue weighted by atomic mass is 35.5. The summed E-state index contributed by atoms with van der Waals surface area (Å²) in [5.41, 5.74) is 0.103. The number of aromatic nitrogens is 1. The molecule has 3 nitrogen and oxygen atoms in total. The predicted octanol–water partition coefficient (Wildman–Crippen LogP) is 1.84.